The number of aliphatic hydroxyl groups excluding tert-OH is 3. The number of nitrogens with zero attached hydrogens (tertiary/aromatic N) is 1. The number of carbonyl (C=O) groups excluding carboxylic acids is 1. The van der Waals surface area contributed by atoms with Crippen LogP contribution in [0.5, 0.6) is 0 Å². The number of hydrogen-bond donors (Lipinski definition) is 4. The third-order valence-corrected chi connectivity index (χ3v) is 6.76. The standard InChI is InChI=1S/C18H33ClN2O5S.ClH/c1-5-6-10-7-11(21(3)8-10)17(25)20-12(9(2)19)16-14(23)13(22)15(24)18(26-16)27-4;/h9-16,18,22-24H,5-8H2,1-4H3,(H,20,25);1H/t9-,10-,11+,12-,13+,14-,15-,16-,18-;/m1./s1. The van der Waals surface area contributed by atoms with Gasteiger partial charge in [-0.15, -0.1) is 35.8 Å². The first kappa shape index (κ1) is 26.2. The Bertz CT molecular complexity index is 503. The van der Waals surface area contributed by atoms with Crippen LogP contribution < -0.4 is 5.32 Å². The van der Waals surface area contributed by atoms with Crippen molar-refractivity contribution in [2.45, 2.75) is 80.4 Å². The minimum Gasteiger partial charge on any atom is -0.388 e. The minimum atomic E-state index is -1.36. The van der Waals surface area contributed by atoms with Gasteiger partial charge in [0.15, 0.2) is 0 Å². The number of ether oxygens (including phenoxy) is 1. The molecule has 2 aliphatic heterocycles. The number of nitrogens with one attached hydrogen (secondary N) is 1. The van der Waals surface area contributed by atoms with E-state index in [0.29, 0.717) is 5.92 Å². The van der Waals surface area contributed by atoms with Crippen LogP contribution in [0.1, 0.15) is 33.1 Å². The van der Waals surface area contributed by atoms with Gasteiger partial charge in [-0.05, 0) is 39.0 Å². The Morgan fingerprint density at radius 3 is 2.50 bits per heavy atom. The van der Waals surface area contributed by atoms with Gasteiger partial charge in [0.25, 0.3) is 0 Å². The summed E-state index contributed by atoms with van der Waals surface area (Å²) in [6.07, 6.45) is -0.0980. The number of aliphatic hydroxyl groups is 3. The zero-order valence-corrected chi connectivity index (χ0v) is 19.2. The third-order valence-electron chi connectivity index (χ3n) is 5.63. The van der Waals surface area contributed by atoms with Gasteiger partial charge < -0.3 is 25.4 Å². The molecule has 1 amide bonds. The molecule has 10 heteroatoms. The van der Waals surface area contributed by atoms with Crippen molar-refractivity contribution in [2.24, 2.45) is 5.92 Å². The maximum absolute atomic E-state index is 12.9. The average molecular weight is 461 g/mol. The molecule has 7 nitrogen and oxygen atoms in total. The van der Waals surface area contributed by atoms with Crippen molar-refractivity contribution < 1.29 is 24.9 Å². The molecule has 0 saturated carbocycles. The minimum absolute atomic E-state index is 0. The average Bonchev–Trinajstić information content (AvgIpc) is 2.99. The predicted octanol–water partition coefficient (Wildman–Crippen LogP) is 0.811. The van der Waals surface area contributed by atoms with Gasteiger partial charge >= 0.3 is 0 Å². The van der Waals surface area contributed by atoms with E-state index >= 15 is 0 Å². The molecule has 0 spiro atoms. The van der Waals surface area contributed by atoms with E-state index in [0.717, 1.165) is 25.8 Å². The Morgan fingerprint density at radius 1 is 1.32 bits per heavy atom. The lowest BCUT2D eigenvalue weighted by atomic mass is 9.92. The molecule has 4 N–H and O–H groups in total. The van der Waals surface area contributed by atoms with Crippen molar-refractivity contribution in [3.63, 3.8) is 0 Å². The monoisotopic (exact) mass is 460 g/mol. The zero-order chi connectivity index (χ0) is 20.3. The number of hydrogen-bond acceptors (Lipinski definition) is 7. The van der Waals surface area contributed by atoms with Crippen LogP contribution in [0.15, 0.2) is 0 Å². The quantitative estimate of drug-likeness (QED) is 0.416. The van der Waals surface area contributed by atoms with Crippen LogP contribution in [-0.2, 0) is 9.53 Å². The molecule has 2 aliphatic rings. The molecule has 0 radical (unpaired) electrons. The summed E-state index contributed by atoms with van der Waals surface area (Å²) in [4.78, 5) is 14.9. The highest BCUT2D eigenvalue weighted by atomic mass is 35.5. The smallest absolute Gasteiger partial charge is 0.237 e. The second-order valence-corrected chi connectivity index (χ2v) is 9.36. The zero-order valence-electron chi connectivity index (χ0n) is 16.8. The summed E-state index contributed by atoms with van der Waals surface area (Å²) in [5, 5.41) is 33.0. The van der Waals surface area contributed by atoms with Crippen LogP contribution >= 0.6 is 35.8 Å². The molecule has 0 aliphatic carbocycles. The van der Waals surface area contributed by atoms with Crippen LogP contribution in [0, 0.1) is 5.92 Å². The molecular weight excluding hydrogens is 427 g/mol. The molecule has 2 heterocycles. The van der Waals surface area contributed by atoms with E-state index < -0.39 is 41.3 Å². The van der Waals surface area contributed by atoms with Crippen LogP contribution in [0.3, 0.4) is 0 Å². The summed E-state index contributed by atoms with van der Waals surface area (Å²) in [6.45, 7) is 4.74. The van der Waals surface area contributed by atoms with E-state index in [-0.39, 0.29) is 24.4 Å². The van der Waals surface area contributed by atoms with Crippen molar-refractivity contribution >= 4 is 41.7 Å². The lowest BCUT2D eigenvalue weighted by Gasteiger charge is -2.44. The molecule has 0 aromatic rings. The van der Waals surface area contributed by atoms with Gasteiger partial charge in [0.2, 0.25) is 5.91 Å². The normalized spacial score (nSPS) is 38.5. The number of alkyl halides is 1. The molecule has 0 bridgehead atoms. The van der Waals surface area contributed by atoms with Gasteiger partial charge in [0.1, 0.15) is 29.9 Å². The fourth-order valence-electron chi connectivity index (χ4n) is 4.11. The second kappa shape index (κ2) is 11.6. The first-order chi connectivity index (χ1) is 12.7. The number of likely N-dealkylation sites (N-methyl/N-ethyl adjacent to an activating group) is 1. The molecule has 2 rings (SSSR count). The highest BCUT2D eigenvalue weighted by Gasteiger charge is 2.48. The molecule has 2 saturated heterocycles. The molecule has 166 valence electrons. The molecule has 28 heavy (non-hydrogen) atoms. The lowest BCUT2D eigenvalue weighted by Crippen LogP contribution is -2.65. The number of thioether (sulfide) groups is 1. The van der Waals surface area contributed by atoms with E-state index in [9.17, 15) is 20.1 Å². The van der Waals surface area contributed by atoms with Gasteiger partial charge in [-0.25, -0.2) is 0 Å². The maximum atomic E-state index is 12.9. The topological polar surface area (TPSA) is 102 Å². The maximum Gasteiger partial charge on any atom is 0.237 e. The van der Waals surface area contributed by atoms with Gasteiger partial charge in [0.05, 0.1) is 17.5 Å². The molecule has 2 fully saturated rings. The summed E-state index contributed by atoms with van der Waals surface area (Å²) in [5.41, 5.74) is -0.702. The van der Waals surface area contributed by atoms with Crippen molar-refractivity contribution in [3.05, 3.63) is 0 Å². The Hall–Kier alpha value is 0.200. The van der Waals surface area contributed by atoms with Crippen molar-refractivity contribution in [3.8, 4) is 0 Å². The Balaban J connectivity index is 0.00000392. The first-order valence-corrected chi connectivity index (χ1v) is 11.3. The van der Waals surface area contributed by atoms with E-state index in [1.165, 1.54) is 11.8 Å². The van der Waals surface area contributed by atoms with Gasteiger partial charge in [0, 0.05) is 6.54 Å². The summed E-state index contributed by atoms with van der Waals surface area (Å²) in [7, 11) is 1.94. The van der Waals surface area contributed by atoms with Crippen LogP contribution in [0.4, 0.5) is 0 Å². The highest BCUT2D eigenvalue weighted by molar-refractivity contribution is 7.99. The molecule has 0 aromatic carbocycles. The highest BCUT2D eigenvalue weighted by Crippen LogP contribution is 2.31. The number of halogens is 2. The van der Waals surface area contributed by atoms with Gasteiger partial charge in [-0.1, -0.05) is 13.3 Å². The second-order valence-electron chi connectivity index (χ2n) is 7.73. The van der Waals surface area contributed by atoms with E-state index in [2.05, 4.69) is 12.2 Å². The third kappa shape index (κ3) is 5.88. The largest absolute Gasteiger partial charge is 0.388 e. The van der Waals surface area contributed by atoms with E-state index in [1.54, 1.807) is 13.2 Å². The number of amides is 1. The van der Waals surface area contributed by atoms with Gasteiger partial charge in [-0.2, -0.15) is 0 Å². The molecule has 0 unspecified atom stereocenters. The number of carbonyl (C=O) groups is 1. The number of likely N-dealkylation sites (tertiary alicyclic amines) is 1. The van der Waals surface area contributed by atoms with Crippen molar-refractivity contribution in [1.82, 2.24) is 10.2 Å². The van der Waals surface area contributed by atoms with E-state index in [1.807, 2.05) is 11.9 Å². The van der Waals surface area contributed by atoms with Crippen molar-refractivity contribution in [1.29, 1.82) is 0 Å². The fourth-order valence-corrected chi connectivity index (χ4v) is 5.00. The molecule has 9 atom stereocenters. The van der Waals surface area contributed by atoms with Crippen molar-refractivity contribution in [2.75, 3.05) is 19.8 Å². The van der Waals surface area contributed by atoms with Crippen LogP contribution in [0.2, 0.25) is 0 Å². The Morgan fingerprint density at radius 2 is 1.96 bits per heavy atom. The predicted molar refractivity (Wildman–Crippen MR) is 114 cm³/mol. The summed E-state index contributed by atoms with van der Waals surface area (Å²) in [6, 6.07) is -0.934. The van der Waals surface area contributed by atoms with Gasteiger partial charge in [-0.3, -0.25) is 9.69 Å². The van der Waals surface area contributed by atoms with E-state index in [4.69, 9.17) is 16.3 Å². The summed E-state index contributed by atoms with van der Waals surface area (Å²) in [5.74, 6) is 0.350. The van der Waals surface area contributed by atoms with Crippen LogP contribution in [0.25, 0.3) is 0 Å². The summed E-state index contributed by atoms with van der Waals surface area (Å²) >= 11 is 7.55. The van der Waals surface area contributed by atoms with Crippen LogP contribution in [-0.4, -0.2) is 93.3 Å². The Labute approximate surface area is 182 Å². The molecular formula is C18H34Cl2N2O5S. The SMILES string of the molecule is CCC[C@@H]1C[C@@H](C(=O)N[C@@H]([C@H]2O[C@H](SC)[C@H](O)[C@@H](O)[C@H]2O)[C@@H](C)Cl)N(C)C1.Cl. The fraction of sp³-hybridized carbons (Fsp3) is 0.944. The number of rotatable bonds is 7. The summed E-state index contributed by atoms with van der Waals surface area (Å²) < 4.78 is 5.79. The lowest BCUT2D eigenvalue weighted by molar-refractivity contribution is -0.205. The Kier molecular flexibility index (Phi) is 10.8. The molecule has 0 aromatic heterocycles. The first-order valence-electron chi connectivity index (χ1n) is 9.58.